The van der Waals surface area contributed by atoms with E-state index >= 15 is 0 Å². The number of carbonyl (C=O) groups excluding carboxylic acids is 3. The van der Waals surface area contributed by atoms with Gasteiger partial charge in [-0.05, 0) is 31.2 Å². The highest BCUT2D eigenvalue weighted by Gasteiger charge is 2.72. The van der Waals surface area contributed by atoms with E-state index in [-0.39, 0.29) is 52.8 Å². The third-order valence-corrected chi connectivity index (χ3v) is 6.56. The number of nitrogens with zero attached hydrogens (tertiary/aromatic N) is 1. The summed E-state index contributed by atoms with van der Waals surface area (Å²) in [6.45, 7) is 1.93. The van der Waals surface area contributed by atoms with Crippen molar-refractivity contribution in [2.45, 2.75) is 24.7 Å². The van der Waals surface area contributed by atoms with Gasteiger partial charge in [0, 0.05) is 36.5 Å². The largest absolute Gasteiger partial charge is 0.508 e. The number of benzene rings is 1. The maximum Gasteiger partial charge on any atom is 0.404 e. The number of phenols is 1. The second-order valence-electron chi connectivity index (χ2n) is 8.09. The number of fused-ring (bicyclic) bond motifs is 4. The van der Waals surface area contributed by atoms with Crippen molar-refractivity contribution in [2.24, 2.45) is 11.7 Å². The summed E-state index contributed by atoms with van der Waals surface area (Å²) in [4.78, 5) is 40.2. The molecule has 5 N–H and O–H groups in total. The summed E-state index contributed by atoms with van der Waals surface area (Å²) in [5.41, 5.74) is 5.71. The van der Waals surface area contributed by atoms with Crippen LogP contribution in [0.2, 0.25) is 0 Å². The number of ether oxygens (including phenoxy) is 2. The van der Waals surface area contributed by atoms with Crippen LogP contribution in [0.5, 0.6) is 5.75 Å². The first-order valence-electron chi connectivity index (χ1n) is 9.91. The molecule has 0 spiro atoms. The molecule has 0 radical (unpaired) electrons. The lowest BCUT2D eigenvalue weighted by molar-refractivity contribution is -0.137. The van der Waals surface area contributed by atoms with E-state index in [9.17, 15) is 19.5 Å². The first kappa shape index (κ1) is 19.6. The van der Waals surface area contributed by atoms with Crippen molar-refractivity contribution in [1.82, 2.24) is 10.2 Å². The summed E-state index contributed by atoms with van der Waals surface area (Å²) in [6, 6.07) is 6.20. The van der Waals surface area contributed by atoms with Crippen LogP contribution in [0.4, 0.5) is 10.5 Å². The second kappa shape index (κ2) is 6.56. The Bertz CT molecular complexity index is 1080. The van der Waals surface area contributed by atoms with E-state index in [4.69, 9.17) is 15.2 Å². The van der Waals surface area contributed by atoms with E-state index in [0.717, 1.165) is 0 Å². The third-order valence-electron chi connectivity index (χ3n) is 6.56. The lowest BCUT2D eigenvalue weighted by Crippen LogP contribution is -2.55. The second-order valence-corrected chi connectivity index (χ2v) is 8.09. The molecular weight excluding hydrogens is 404 g/mol. The molecule has 2 saturated heterocycles. The zero-order valence-electron chi connectivity index (χ0n) is 17.0. The molecule has 0 saturated carbocycles. The smallest absolute Gasteiger partial charge is 0.404 e. The van der Waals surface area contributed by atoms with Gasteiger partial charge in [-0.3, -0.25) is 9.59 Å². The van der Waals surface area contributed by atoms with Crippen LogP contribution in [-0.4, -0.2) is 65.7 Å². The molecule has 1 aromatic carbocycles. The van der Waals surface area contributed by atoms with Gasteiger partial charge in [-0.2, -0.15) is 0 Å². The van der Waals surface area contributed by atoms with Crippen LogP contribution in [-0.2, 0) is 19.1 Å². The molecule has 1 amide bonds. The van der Waals surface area contributed by atoms with E-state index in [0.29, 0.717) is 17.9 Å². The van der Waals surface area contributed by atoms with Gasteiger partial charge in [-0.1, -0.05) is 0 Å². The molecule has 0 aromatic heterocycles. The van der Waals surface area contributed by atoms with Crippen LogP contribution in [0.3, 0.4) is 0 Å². The summed E-state index contributed by atoms with van der Waals surface area (Å²) in [6.07, 6.45) is -0.964. The Labute approximate surface area is 177 Å². The molecule has 1 unspecified atom stereocenters. The zero-order valence-corrected chi connectivity index (χ0v) is 17.0. The van der Waals surface area contributed by atoms with Crippen LogP contribution in [0.1, 0.15) is 6.92 Å². The minimum atomic E-state index is -1.01. The van der Waals surface area contributed by atoms with Gasteiger partial charge >= 0.3 is 6.09 Å². The highest BCUT2D eigenvalue weighted by Crippen LogP contribution is 2.55. The summed E-state index contributed by atoms with van der Waals surface area (Å²) in [5.74, 6) is -1.24. The Hall–Kier alpha value is -3.37. The zero-order chi connectivity index (χ0) is 22.1. The molecule has 162 valence electrons. The average Bonchev–Trinajstić information content (AvgIpc) is 3.35. The monoisotopic (exact) mass is 426 g/mol. The van der Waals surface area contributed by atoms with Crippen molar-refractivity contribution in [3.8, 4) is 5.75 Å². The standard InChI is InChI=1S/C21H22N4O6/c1-9-15(23-10-3-5-11(26)6-4-10)18(28)14-12(8-31-20(22)29)21(30-2)19-13(24-19)7-25(21)16(14)17(9)27/h3-6,12-13,19,23-24,26H,7-8H2,1-2H3,(H2,22,29)/t12-,13+,19+,21?/m0/s1. The van der Waals surface area contributed by atoms with E-state index in [1.165, 1.54) is 19.2 Å². The number of allylic oxidation sites excluding steroid dienone is 2. The number of hydrogen-bond acceptors (Lipinski definition) is 9. The van der Waals surface area contributed by atoms with Gasteiger partial charge in [-0.15, -0.1) is 0 Å². The summed E-state index contributed by atoms with van der Waals surface area (Å²) in [7, 11) is 1.52. The molecule has 0 bridgehead atoms. The van der Waals surface area contributed by atoms with Gasteiger partial charge in [0.1, 0.15) is 12.4 Å². The van der Waals surface area contributed by atoms with Gasteiger partial charge in [0.15, 0.2) is 5.72 Å². The van der Waals surface area contributed by atoms with Crippen molar-refractivity contribution in [3.05, 3.63) is 46.8 Å². The predicted molar refractivity (Wildman–Crippen MR) is 108 cm³/mol. The third kappa shape index (κ3) is 2.61. The lowest BCUT2D eigenvalue weighted by atomic mass is 9.82. The number of rotatable bonds is 5. The maximum absolute atomic E-state index is 13.6. The number of amides is 1. The van der Waals surface area contributed by atoms with Crippen LogP contribution < -0.4 is 16.4 Å². The molecule has 10 heteroatoms. The Morgan fingerprint density at radius 1 is 1.32 bits per heavy atom. The molecule has 2 fully saturated rings. The normalized spacial score (nSPS) is 30.9. The number of hydrogen-bond donors (Lipinski definition) is 4. The van der Waals surface area contributed by atoms with Crippen LogP contribution in [0.25, 0.3) is 0 Å². The van der Waals surface area contributed by atoms with Gasteiger partial charge < -0.3 is 35.8 Å². The Morgan fingerprint density at radius 3 is 2.68 bits per heavy atom. The molecule has 1 aromatic rings. The molecule has 3 heterocycles. The van der Waals surface area contributed by atoms with Crippen LogP contribution >= 0.6 is 0 Å². The molecular formula is C21H22N4O6. The number of primary amides is 1. The number of Topliss-reactive ketones (excluding diaryl/α,β-unsaturated/α-hetero) is 2. The molecule has 10 nitrogen and oxygen atoms in total. The molecule has 31 heavy (non-hydrogen) atoms. The Morgan fingerprint density at radius 2 is 2.03 bits per heavy atom. The Kier molecular flexibility index (Phi) is 4.15. The summed E-state index contributed by atoms with van der Waals surface area (Å²) >= 11 is 0. The first-order chi connectivity index (χ1) is 14.8. The fourth-order valence-corrected chi connectivity index (χ4v) is 5.13. The van der Waals surface area contributed by atoms with Gasteiger partial charge in [0.25, 0.3) is 0 Å². The molecule has 3 aliphatic heterocycles. The number of phenolic OH excluding ortho intramolecular Hbond substituents is 1. The van der Waals surface area contributed by atoms with Crippen LogP contribution in [0.15, 0.2) is 46.8 Å². The van der Waals surface area contributed by atoms with Gasteiger partial charge in [-0.25, -0.2) is 4.79 Å². The molecule has 5 rings (SSSR count). The van der Waals surface area contributed by atoms with Crippen molar-refractivity contribution >= 4 is 23.3 Å². The number of ketones is 2. The first-order valence-corrected chi connectivity index (χ1v) is 9.91. The number of carbonyl (C=O) groups is 3. The van der Waals surface area contributed by atoms with E-state index in [2.05, 4.69) is 10.6 Å². The van der Waals surface area contributed by atoms with Crippen molar-refractivity contribution in [1.29, 1.82) is 0 Å². The van der Waals surface area contributed by atoms with E-state index in [1.54, 1.807) is 19.1 Å². The van der Waals surface area contributed by atoms with Gasteiger partial charge in [0.2, 0.25) is 11.6 Å². The molecule has 1 aliphatic carbocycles. The minimum absolute atomic E-state index is 0.0842. The average molecular weight is 426 g/mol. The highest BCUT2D eigenvalue weighted by atomic mass is 16.6. The predicted octanol–water partition coefficient (Wildman–Crippen LogP) is 0.208. The maximum atomic E-state index is 13.6. The fraction of sp³-hybridized carbons (Fsp3) is 0.381. The minimum Gasteiger partial charge on any atom is -0.508 e. The molecule has 4 aliphatic rings. The van der Waals surface area contributed by atoms with E-state index in [1.807, 2.05) is 4.90 Å². The summed E-state index contributed by atoms with van der Waals surface area (Å²) in [5, 5.41) is 15.8. The number of nitrogens with two attached hydrogens (primary N) is 1. The van der Waals surface area contributed by atoms with Crippen molar-refractivity contribution in [2.75, 3.05) is 25.6 Å². The number of piperazine rings is 1. The number of anilines is 1. The topological polar surface area (TPSA) is 153 Å². The quantitative estimate of drug-likeness (QED) is 0.294. The van der Waals surface area contributed by atoms with Crippen molar-refractivity contribution < 1.29 is 29.0 Å². The molecule has 4 atom stereocenters. The number of nitrogens with one attached hydrogen (secondary N) is 2. The fourth-order valence-electron chi connectivity index (χ4n) is 5.13. The van der Waals surface area contributed by atoms with Crippen molar-refractivity contribution in [3.63, 3.8) is 0 Å². The number of methoxy groups -OCH3 is 1. The number of aromatic hydroxyl groups is 1. The van der Waals surface area contributed by atoms with Crippen LogP contribution in [0, 0.1) is 5.92 Å². The highest BCUT2D eigenvalue weighted by molar-refractivity contribution is 6.26. The summed E-state index contributed by atoms with van der Waals surface area (Å²) < 4.78 is 11.0. The SMILES string of the molecule is COC12[C@@H]3N[C@@H]3CN1C1=C(C(=O)C(Nc3ccc(O)cc3)=C(C)C1=O)[C@@H]2COC(N)=O. The lowest BCUT2D eigenvalue weighted by Gasteiger charge is -2.39. The Balaban J connectivity index is 1.56. The van der Waals surface area contributed by atoms with Gasteiger partial charge in [0.05, 0.1) is 23.4 Å². The van der Waals surface area contributed by atoms with E-state index < -0.39 is 17.7 Å².